The Morgan fingerprint density at radius 1 is 1.68 bits per heavy atom. The zero-order valence-electron chi connectivity index (χ0n) is 11.2. The number of carbonyl (C=O) groups excluding carboxylic acids is 1. The molecule has 0 aromatic carbocycles. The third-order valence-electron chi connectivity index (χ3n) is 3.82. The summed E-state index contributed by atoms with van der Waals surface area (Å²) in [5, 5.41) is 4.19. The van der Waals surface area contributed by atoms with Gasteiger partial charge in [-0.05, 0) is 35.3 Å². The van der Waals surface area contributed by atoms with E-state index < -0.39 is 5.54 Å². The minimum absolute atomic E-state index is 0.315. The molecule has 1 atom stereocenters. The van der Waals surface area contributed by atoms with Gasteiger partial charge in [0.05, 0.1) is 23.0 Å². The lowest BCUT2D eigenvalue weighted by Gasteiger charge is -2.35. The van der Waals surface area contributed by atoms with E-state index in [2.05, 4.69) is 25.9 Å². The van der Waals surface area contributed by atoms with Gasteiger partial charge in [-0.3, -0.25) is 14.4 Å². The Kier molecular flexibility index (Phi) is 4.27. The summed E-state index contributed by atoms with van der Waals surface area (Å²) in [6.07, 6.45) is 3.45. The van der Waals surface area contributed by atoms with Crippen molar-refractivity contribution < 1.29 is 9.53 Å². The van der Waals surface area contributed by atoms with Gasteiger partial charge in [0.25, 0.3) is 0 Å². The van der Waals surface area contributed by atoms with E-state index in [1.54, 1.807) is 18.0 Å². The number of amides is 1. The molecular formula is C12H19BrN4O2. The number of aryl methyl sites for hydroxylation is 1. The summed E-state index contributed by atoms with van der Waals surface area (Å²) in [6.45, 7) is 1.80. The summed E-state index contributed by atoms with van der Waals surface area (Å²) in [5.74, 6) is -0.315. The number of nitrogens with zero attached hydrogens (tertiary/aromatic N) is 3. The standard InChI is InChI=1S/C12H19BrN4O2/c1-16-10(9(13)6-15-16)7-17-5-3-4-12(17,8-19-2)11(14)18/h6H,3-5,7-8H2,1-2H3,(H2,14,18). The summed E-state index contributed by atoms with van der Waals surface area (Å²) in [4.78, 5) is 14.0. The van der Waals surface area contributed by atoms with Crippen LogP contribution >= 0.6 is 15.9 Å². The molecule has 0 bridgehead atoms. The molecule has 6 nitrogen and oxygen atoms in total. The predicted octanol–water partition coefficient (Wildman–Crippen LogP) is 0.649. The van der Waals surface area contributed by atoms with E-state index in [0.29, 0.717) is 13.2 Å². The van der Waals surface area contributed by atoms with Crippen LogP contribution in [0.2, 0.25) is 0 Å². The van der Waals surface area contributed by atoms with Gasteiger partial charge in [0.1, 0.15) is 5.54 Å². The number of methoxy groups -OCH3 is 1. The molecule has 106 valence electrons. The maximum absolute atomic E-state index is 11.9. The lowest BCUT2D eigenvalue weighted by molar-refractivity contribution is -0.132. The number of primary amides is 1. The number of aromatic nitrogens is 2. The molecule has 1 amide bonds. The van der Waals surface area contributed by atoms with Crippen LogP contribution in [0.3, 0.4) is 0 Å². The van der Waals surface area contributed by atoms with Gasteiger partial charge >= 0.3 is 0 Å². The highest BCUT2D eigenvalue weighted by molar-refractivity contribution is 9.10. The first kappa shape index (κ1) is 14.5. The fraction of sp³-hybridized carbons (Fsp3) is 0.667. The van der Waals surface area contributed by atoms with Crippen LogP contribution in [0.4, 0.5) is 0 Å². The quantitative estimate of drug-likeness (QED) is 0.860. The zero-order chi connectivity index (χ0) is 14.0. The van der Waals surface area contributed by atoms with E-state index in [-0.39, 0.29) is 5.91 Å². The largest absolute Gasteiger partial charge is 0.382 e. The van der Waals surface area contributed by atoms with Gasteiger partial charge in [-0.1, -0.05) is 0 Å². The van der Waals surface area contributed by atoms with Gasteiger partial charge in [0, 0.05) is 20.7 Å². The highest BCUT2D eigenvalue weighted by Gasteiger charge is 2.46. The van der Waals surface area contributed by atoms with Crippen molar-refractivity contribution in [2.75, 3.05) is 20.3 Å². The molecule has 2 heterocycles. The Bertz CT molecular complexity index is 457. The van der Waals surface area contributed by atoms with E-state index in [0.717, 1.165) is 29.6 Å². The molecule has 7 heteroatoms. The summed E-state index contributed by atoms with van der Waals surface area (Å²) in [5.41, 5.74) is 5.95. The maximum atomic E-state index is 11.9. The van der Waals surface area contributed by atoms with Gasteiger partial charge in [-0.25, -0.2) is 0 Å². The fourth-order valence-electron chi connectivity index (χ4n) is 2.71. The molecule has 1 aliphatic rings. The molecule has 2 N–H and O–H groups in total. The number of ether oxygens (including phenoxy) is 1. The molecule has 0 spiro atoms. The van der Waals surface area contributed by atoms with Crippen LogP contribution in [0.1, 0.15) is 18.5 Å². The normalized spacial score (nSPS) is 23.9. The molecule has 19 heavy (non-hydrogen) atoms. The van der Waals surface area contributed by atoms with Gasteiger partial charge < -0.3 is 10.5 Å². The molecule has 0 saturated carbocycles. The van der Waals surface area contributed by atoms with Crippen molar-refractivity contribution in [1.29, 1.82) is 0 Å². The van der Waals surface area contributed by atoms with E-state index in [9.17, 15) is 4.79 Å². The van der Waals surface area contributed by atoms with Crippen LogP contribution in [-0.2, 0) is 23.1 Å². The molecule has 1 saturated heterocycles. The summed E-state index contributed by atoms with van der Waals surface area (Å²) >= 11 is 3.48. The van der Waals surface area contributed by atoms with Crippen molar-refractivity contribution in [3.05, 3.63) is 16.4 Å². The topological polar surface area (TPSA) is 73.4 Å². The Balaban J connectivity index is 2.25. The van der Waals surface area contributed by atoms with E-state index in [1.807, 2.05) is 7.05 Å². The van der Waals surface area contributed by atoms with Crippen LogP contribution in [-0.4, -0.2) is 46.4 Å². The van der Waals surface area contributed by atoms with Gasteiger partial charge in [-0.2, -0.15) is 5.10 Å². The maximum Gasteiger partial charge on any atom is 0.240 e. The highest BCUT2D eigenvalue weighted by Crippen LogP contribution is 2.32. The Morgan fingerprint density at radius 2 is 2.42 bits per heavy atom. The van der Waals surface area contributed by atoms with Crippen LogP contribution in [0, 0.1) is 0 Å². The molecular weight excluding hydrogens is 312 g/mol. The van der Waals surface area contributed by atoms with Crippen molar-refractivity contribution in [2.24, 2.45) is 12.8 Å². The van der Waals surface area contributed by atoms with Crippen molar-refractivity contribution in [1.82, 2.24) is 14.7 Å². The molecule has 1 aliphatic heterocycles. The SMILES string of the molecule is COCC1(C(N)=O)CCCN1Cc1c(Br)cnn1C. The fourth-order valence-corrected chi connectivity index (χ4v) is 3.19. The van der Waals surface area contributed by atoms with E-state index in [1.165, 1.54) is 0 Å². The molecule has 1 fully saturated rings. The molecule has 1 aromatic heterocycles. The smallest absolute Gasteiger partial charge is 0.240 e. The van der Waals surface area contributed by atoms with Crippen LogP contribution in [0.5, 0.6) is 0 Å². The van der Waals surface area contributed by atoms with Gasteiger partial charge in [0.2, 0.25) is 5.91 Å². The zero-order valence-corrected chi connectivity index (χ0v) is 12.8. The van der Waals surface area contributed by atoms with Crippen LogP contribution in [0.15, 0.2) is 10.7 Å². The number of rotatable bonds is 5. The number of likely N-dealkylation sites (tertiary alicyclic amines) is 1. The number of halogens is 1. The van der Waals surface area contributed by atoms with E-state index in [4.69, 9.17) is 10.5 Å². The predicted molar refractivity (Wildman–Crippen MR) is 74.4 cm³/mol. The third-order valence-corrected chi connectivity index (χ3v) is 4.48. The number of hydrogen-bond donors (Lipinski definition) is 1. The summed E-state index contributed by atoms with van der Waals surface area (Å²) in [7, 11) is 3.49. The number of hydrogen-bond acceptors (Lipinski definition) is 4. The van der Waals surface area contributed by atoms with Crippen molar-refractivity contribution in [2.45, 2.75) is 24.9 Å². The van der Waals surface area contributed by atoms with Crippen LogP contribution in [0.25, 0.3) is 0 Å². The minimum atomic E-state index is -0.696. The average molecular weight is 331 g/mol. The summed E-state index contributed by atoms with van der Waals surface area (Å²) in [6, 6.07) is 0. The lowest BCUT2D eigenvalue weighted by Crippen LogP contribution is -2.56. The highest BCUT2D eigenvalue weighted by atomic mass is 79.9. The molecule has 1 aromatic rings. The first-order valence-electron chi connectivity index (χ1n) is 6.21. The number of nitrogens with two attached hydrogens (primary N) is 1. The second-order valence-corrected chi connectivity index (χ2v) is 5.77. The van der Waals surface area contributed by atoms with Crippen molar-refractivity contribution in [3.8, 4) is 0 Å². The summed E-state index contributed by atoms with van der Waals surface area (Å²) < 4.78 is 7.97. The lowest BCUT2D eigenvalue weighted by atomic mass is 9.96. The van der Waals surface area contributed by atoms with Crippen molar-refractivity contribution in [3.63, 3.8) is 0 Å². The average Bonchev–Trinajstić information content (AvgIpc) is 2.90. The number of carbonyl (C=O) groups is 1. The molecule has 1 unspecified atom stereocenters. The Labute approximate surface area is 121 Å². The minimum Gasteiger partial charge on any atom is -0.382 e. The Morgan fingerprint density at radius 3 is 2.95 bits per heavy atom. The third kappa shape index (κ3) is 2.54. The Hall–Kier alpha value is -0.920. The molecule has 0 radical (unpaired) electrons. The monoisotopic (exact) mass is 330 g/mol. The second kappa shape index (κ2) is 5.60. The van der Waals surface area contributed by atoms with Gasteiger partial charge in [-0.15, -0.1) is 0 Å². The first-order valence-corrected chi connectivity index (χ1v) is 7.01. The molecule has 0 aliphatic carbocycles. The van der Waals surface area contributed by atoms with Crippen molar-refractivity contribution >= 4 is 21.8 Å². The molecule has 2 rings (SSSR count). The first-order chi connectivity index (χ1) is 9.01. The van der Waals surface area contributed by atoms with E-state index >= 15 is 0 Å². The van der Waals surface area contributed by atoms with Gasteiger partial charge in [0.15, 0.2) is 0 Å². The van der Waals surface area contributed by atoms with Crippen LogP contribution < -0.4 is 5.73 Å². The second-order valence-electron chi connectivity index (χ2n) is 4.92.